The molecule has 0 saturated carbocycles. The summed E-state index contributed by atoms with van der Waals surface area (Å²) in [5, 5.41) is 0. The topological polar surface area (TPSA) is 0 Å². The van der Waals surface area contributed by atoms with Crippen molar-refractivity contribution in [2.45, 2.75) is 45.3 Å². The van der Waals surface area contributed by atoms with Crippen LogP contribution in [0.4, 0.5) is 0 Å². The van der Waals surface area contributed by atoms with Crippen molar-refractivity contribution in [1.82, 2.24) is 0 Å². The van der Waals surface area contributed by atoms with Gasteiger partial charge in [-0.15, -0.1) is 0 Å². The minimum atomic E-state index is -1.00. The lowest BCUT2D eigenvalue weighted by Gasteiger charge is -2.21. The first-order chi connectivity index (χ1) is 4.18. The van der Waals surface area contributed by atoms with Gasteiger partial charge in [0.25, 0.3) is 0 Å². The van der Waals surface area contributed by atoms with E-state index in [4.69, 9.17) is 12.1 Å². The molecule has 0 bridgehead atoms. The Morgan fingerprint density at radius 1 is 1.11 bits per heavy atom. The second-order valence-electron chi connectivity index (χ2n) is 2.68. The Morgan fingerprint density at radius 3 is 1.67 bits per heavy atom. The fraction of sp³-hybridized carbons (Fsp3) is 1.00. The van der Waals surface area contributed by atoms with Crippen molar-refractivity contribution in [2.75, 3.05) is 0 Å². The maximum atomic E-state index is 4.74. The van der Waals surface area contributed by atoms with E-state index >= 15 is 0 Å². The third kappa shape index (κ3) is 3.31. The molecule has 0 aliphatic rings. The van der Waals surface area contributed by atoms with Gasteiger partial charge in [0.2, 0.25) is 0 Å². The molecular formula is C7H18SSi. The van der Waals surface area contributed by atoms with Gasteiger partial charge in [0.15, 0.2) is 0 Å². The first-order valence-electron chi connectivity index (χ1n) is 3.91. The van der Waals surface area contributed by atoms with Gasteiger partial charge >= 0.3 is 0 Å². The molecular weight excluding hydrogens is 144 g/mol. The van der Waals surface area contributed by atoms with E-state index in [1.807, 2.05) is 0 Å². The zero-order valence-electron chi connectivity index (χ0n) is 6.78. The van der Waals surface area contributed by atoms with Crippen LogP contribution in [0.1, 0.15) is 27.2 Å². The summed E-state index contributed by atoms with van der Waals surface area (Å²) in [7, 11) is -1.00. The Kier molecular flexibility index (Phi) is 4.67. The molecule has 0 amide bonds. The summed E-state index contributed by atoms with van der Waals surface area (Å²) in [5.41, 5.74) is 0. The van der Waals surface area contributed by atoms with Gasteiger partial charge in [-0.25, -0.2) is 12.1 Å². The molecule has 9 heavy (non-hydrogen) atoms. The van der Waals surface area contributed by atoms with Crippen LogP contribution in [0.5, 0.6) is 0 Å². The fourth-order valence-corrected chi connectivity index (χ4v) is 3.88. The molecule has 0 rings (SSSR count). The molecule has 0 aliphatic carbocycles. The molecule has 0 N–H and O–H groups in total. The predicted octanol–water partition coefficient (Wildman–Crippen LogP) is 3.31. The first kappa shape index (κ1) is 9.57. The van der Waals surface area contributed by atoms with E-state index in [0.717, 1.165) is 0 Å². The van der Waals surface area contributed by atoms with Gasteiger partial charge in [-0.05, 0) is 6.04 Å². The predicted molar refractivity (Wildman–Crippen MR) is 50.8 cm³/mol. The maximum absolute atomic E-state index is 4.74. The van der Waals surface area contributed by atoms with Gasteiger partial charge in [0.1, 0.15) is 7.22 Å². The highest BCUT2D eigenvalue weighted by molar-refractivity contribution is 8.14. The minimum Gasteiger partial charge on any atom is -0.202 e. The fourth-order valence-electron chi connectivity index (χ4n) is 1.07. The van der Waals surface area contributed by atoms with Crippen molar-refractivity contribution in [3.8, 4) is 0 Å². The zero-order valence-corrected chi connectivity index (χ0v) is 8.67. The Morgan fingerprint density at radius 2 is 1.56 bits per heavy atom. The molecule has 2 heteroatoms. The van der Waals surface area contributed by atoms with Gasteiger partial charge in [0.05, 0.1) is 0 Å². The highest BCUT2D eigenvalue weighted by atomic mass is 32.3. The summed E-state index contributed by atoms with van der Waals surface area (Å²) in [6, 6.07) is 4.06. The summed E-state index contributed by atoms with van der Waals surface area (Å²) >= 11 is 4.74. The van der Waals surface area contributed by atoms with Crippen LogP contribution < -0.4 is 0 Å². The lowest BCUT2D eigenvalue weighted by atomic mass is 10.6. The second kappa shape index (κ2) is 4.39. The second-order valence-corrected chi connectivity index (χ2v) is 9.89. The van der Waals surface area contributed by atoms with E-state index in [1.165, 1.54) is 24.6 Å². The van der Waals surface area contributed by atoms with E-state index in [9.17, 15) is 0 Å². The summed E-state index contributed by atoms with van der Waals surface area (Å²) in [5.74, 6) is 0. The number of hydrogen-bond donors (Lipinski definition) is 1. The summed E-state index contributed by atoms with van der Waals surface area (Å²) in [6.45, 7) is 6.81. The first-order valence-corrected chi connectivity index (χ1v) is 7.82. The lowest BCUT2D eigenvalue weighted by Crippen LogP contribution is -2.23. The summed E-state index contributed by atoms with van der Waals surface area (Å²) in [6.07, 6.45) is 1.32. The molecule has 0 aromatic carbocycles. The normalized spacial score (nSPS) is 12.0. The van der Waals surface area contributed by atoms with Crippen LogP contribution in [0, 0.1) is 0 Å². The van der Waals surface area contributed by atoms with Crippen LogP contribution in [0.2, 0.25) is 18.1 Å². The van der Waals surface area contributed by atoms with Gasteiger partial charge in [-0.2, -0.15) is 0 Å². The van der Waals surface area contributed by atoms with Crippen LogP contribution in [-0.2, 0) is 0 Å². The molecule has 0 saturated heterocycles. The van der Waals surface area contributed by atoms with Crippen LogP contribution in [0.3, 0.4) is 0 Å². The molecule has 0 atom stereocenters. The number of rotatable bonds is 4. The maximum Gasteiger partial charge on any atom is 0.112 e. The highest BCUT2D eigenvalue weighted by Crippen LogP contribution is 2.25. The Balaban J connectivity index is 3.62. The van der Waals surface area contributed by atoms with Gasteiger partial charge in [0, 0.05) is 0 Å². The van der Waals surface area contributed by atoms with Crippen molar-refractivity contribution in [2.24, 2.45) is 0 Å². The largest absolute Gasteiger partial charge is 0.202 e. The van der Waals surface area contributed by atoms with Crippen LogP contribution >= 0.6 is 12.1 Å². The SMILES string of the molecule is CCC[Si](S)(CC)CC. The van der Waals surface area contributed by atoms with Crippen LogP contribution in [0.15, 0.2) is 0 Å². The van der Waals surface area contributed by atoms with Crippen molar-refractivity contribution < 1.29 is 0 Å². The summed E-state index contributed by atoms with van der Waals surface area (Å²) in [4.78, 5) is 0. The molecule has 0 aromatic rings. The molecule has 0 unspecified atom stereocenters. The van der Waals surface area contributed by atoms with E-state index in [1.54, 1.807) is 0 Å². The smallest absolute Gasteiger partial charge is 0.112 e. The third-order valence-electron chi connectivity index (χ3n) is 2.03. The third-order valence-corrected chi connectivity index (χ3v) is 8.66. The van der Waals surface area contributed by atoms with Crippen LogP contribution in [0.25, 0.3) is 0 Å². The average molecular weight is 162 g/mol. The van der Waals surface area contributed by atoms with Crippen molar-refractivity contribution in [1.29, 1.82) is 0 Å². The highest BCUT2D eigenvalue weighted by Gasteiger charge is 2.21. The molecule has 0 spiro atoms. The molecule has 0 radical (unpaired) electrons. The van der Waals surface area contributed by atoms with E-state index in [0.29, 0.717) is 0 Å². The molecule has 0 fully saturated rings. The monoisotopic (exact) mass is 162 g/mol. The zero-order chi connectivity index (χ0) is 7.33. The van der Waals surface area contributed by atoms with Gasteiger partial charge in [-0.1, -0.05) is 39.3 Å². The van der Waals surface area contributed by atoms with E-state index in [2.05, 4.69) is 20.8 Å². The lowest BCUT2D eigenvalue weighted by molar-refractivity contribution is 1.03. The quantitative estimate of drug-likeness (QED) is 0.476. The van der Waals surface area contributed by atoms with Crippen molar-refractivity contribution in [3.05, 3.63) is 0 Å². The van der Waals surface area contributed by atoms with Crippen molar-refractivity contribution in [3.63, 3.8) is 0 Å². The molecule has 0 heterocycles. The average Bonchev–Trinajstić information content (AvgIpc) is 1.89. The molecule has 56 valence electrons. The number of hydrogen-bond acceptors (Lipinski definition) is 1. The van der Waals surface area contributed by atoms with Gasteiger partial charge in [-0.3, -0.25) is 0 Å². The summed E-state index contributed by atoms with van der Waals surface area (Å²) < 4.78 is 0. The van der Waals surface area contributed by atoms with Crippen LogP contribution in [-0.4, -0.2) is 7.22 Å². The Labute approximate surface area is 65.1 Å². The van der Waals surface area contributed by atoms with E-state index in [-0.39, 0.29) is 0 Å². The number of thiol groups is 1. The van der Waals surface area contributed by atoms with Crippen molar-refractivity contribution >= 4 is 19.3 Å². The Bertz CT molecular complexity index is 69.3. The van der Waals surface area contributed by atoms with Gasteiger partial charge < -0.3 is 0 Å². The van der Waals surface area contributed by atoms with E-state index < -0.39 is 7.22 Å². The molecule has 0 aromatic heterocycles. The molecule has 0 aliphatic heterocycles. The molecule has 0 nitrogen and oxygen atoms in total. The minimum absolute atomic E-state index is 1.00. The Hall–Kier alpha value is 0.567. The standard InChI is InChI=1S/C7H18SSi/c1-4-7-9(8,5-2)6-3/h8H,4-7H2,1-3H3.